The van der Waals surface area contributed by atoms with Gasteiger partial charge in [-0.25, -0.2) is 13.2 Å². The first-order valence-electron chi connectivity index (χ1n) is 8.47. The molecule has 0 spiro atoms. The van der Waals surface area contributed by atoms with Crippen molar-refractivity contribution in [1.29, 1.82) is 0 Å². The van der Waals surface area contributed by atoms with Gasteiger partial charge in [-0.05, 0) is 24.3 Å². The zero-order valence-corrected chi connectivity index (χ0v) is 16.4. The van der Waals surface area contributed by atoms with E-state index >= 15 is 0 Å². The molecule has 1 aromatic carbocycles. The molecule has 2 aliphatic rings. The number of benzene rings is 1. The summed E-state index contributed by atoms with van der Waals surface area (Å²) in [4.78, 5) is 36.2. The summed E-state index contributed by atoms with van der Waals surface area (Å²) >= 11 is 0. The van der Waals surface area contributed by atoms with Crippen LogP contribution in [0, 0.1) is 10.1 Å². The summed E-state index contributed by atoms with van der Waals surface area (Å²) < 4.78 is 36.4. The van der Waals surface area contributed by atoms with Crippen LogP contribution in [-0.2, 0) is 24.3 Å². The maximum Gasteiger partial charge on any atom is 0.340 e. The molecule has 30 heavy (non-hydrogen) atoms. The molecule has 1 aromatic rings. The quantitative estimate of drug-likeness (QED) is 0.382. The molecular weight excluding hydrogens is 420 g/mol. The molecular formula is C17H16N4O8S. The highest BCUT2D eigenvalue weighted by Gasteiger charge is 2.26. The first-order chi connectivity index (χ1) is 14.2. The number of amidine groups is 1. The van der Waals surface area contributed by atoms with E-state index in [1.54, 1.807) is 0 Å². The number of nitro groups is 1. The number of nitro benzene ring substituents is 1. The predicted octanol–water partition coefficient (Wildman–Crippen LogP) is 0.583. The molecule has 0 aromatic heterocycles. The molecule has 0 fully saturated rings. The van der Waals surface area contributed by atoms with Crippen LogP contribution in [0.1, 0.15) is 0 Å². The molecule has 1 amide bonds. The molecule has 0 radical (unpaired) electrons. The van der Waals surface area contributed by atoms with Crippen LogP contribution in [0.3, 0.4) is 0 Å². The van der Waals surface area contributed by atoms with Gasteiger partial charge < -0.3 is 19.7 Å². The molecule has 0 saturated carbocycles. The van der Waals surface area contributed by atoms with Gasteiger partial charge in [0.1, 0.15) is 17.3 Å². The molecule has 0 atom stereocenters. The molecule has 2 aliphatic heterocycles. The maximum atomic E-state index is 12.2. The molecule has 158 valence electrons. The number of ether oxygens (including phenoxy) is 2. The highest BCUT2D eigenvalue weighted by molar-refractivity contribution is 7.90. The minimum Gasteiger partial charge on any atom is -0.496 e. The van der Waals surface area contributed by atoms with Gasteiger partial charge in [0, 0.05) is 12.7 Å². The molecule has 3 rings (SSSR count). The fourth-order valence-corrected chi connectivity index (χ4v) is 3.59. The van der Waals surface area contributed by atoms with E-state index in [2.05, 4.69) is 9.71 Å². The van der Waals surface area contributed by atoms with E-state index in [1.165, 1.54) is 42.5 Å². The summed E-state index contributed by atoms with van der Waals surface area (Å²) in [6.07, 6.45) is 4.06. The second kappa shape index (κ2) is 8.32. The number of carbonyl (C=O) groups excluding carboxylic acids is 2. The highest BCUT2D eigenvalue weighted by atomic mass is 32.2. The van der Waals surface area contributed by atoms with Crippen molar-refractivity contribution in [1.82, 2.24) is 4.90 Å². The largest absolute Gasteiger partial charge is 0.496 e. The van der Waals surface area contributed by atoms with E-state index in [0.29, 0.717) is 0 Å². The number of hydrogen-bond acceptors (Lipinski definition) is 9. The molecule has 12 nitrogen and oxygen atoms in total. The topological polar surface area (TPSA) is 158 Å². The Morgan fingerprint density at radius 3 is 2.80 bits per heavy atom. The number of rotatable bonds is 6. The number of methoxy groups -OCH3 is 1. The van der Waals surface area contributed by atoms with E-state index in [1.807, 2.05) is 0 Å². The molecule has 0 aliphatic carbocycles. The number of amides is 1. The van der Waals surface area contributed by atoms with Gasteiger partial charge in [0.15, 0.2) is 6.61 Å². The van der Waals surface area contributed by atoms with E-state index in [0.717, 1.165) is 6.07 Å². The van der Waals surface area contributed by atoms with Crippen LogP contribution in [0.5, 0.6) is 5.75 Å². The predicted molar refractivity (Wildman–Crippen MR) is 104 cm³/mol. The summed E-state index contributed by atoms with van der Waals surface area (Å²) in [7, 11) is -2.17. The number of hydrogen-bond donors (Lipinski definition) is 1. The van der Waals surface area contributed by atoms with Gasteiger partial charge in [-0.1, -0.05) is 0 Å². The van der Waals surface area contributed by atoms with Gasteiger partial charge >= 0.3 is 5.97 Å². The van der Waals surface area contributed by atoms with Gasteiger partial charge in [-0.3, -0.25) is 14.9 Å². The minimum absolute atomic E-state index is 0.0750. The maximum absolute atomic E-state index is 12.2. The SMILES string of the molecule is COc1ccc(NC(=O)COC(=O)C2=CN3CCS(=O)(=O)N=C3C=C2)c([N+](=O)[O-])c1. The Labute approximate surface area is 170 Å². The zero-order chi connectivity index (χ0) is 21.9. The van der Waals surface area contributed by atoms with Crippen LogP contribution in [0.4, 0.5) is 11.4 Å². The minimum atomic E-state index is -3.52. The molecule has 0 unspecified atom stereocenters. The summed E-state index contributed by atoms with van der Waals surface area (Å²) in [6, 6.07) is 3.88. The van der Waals surface area contributed by atoms with Crippen LogP contribution >= 0.6 is 0 Å². The normalized spacial score (nSPS) is 16.6. The lowest BCUT2D eigenvalue weighted by molar-refractivity contribution is -0.384. The van der Waals surface area contributed by atoms with Gasteiger partial charge in [0.05, 0.1) is 29.4 Å². The summed E-state index contributed by atoms with van der Waals surface area (Å²) in [5.74, 6) is -1.36. The first-order valence-corrected chi connectivity index (χ1v) is 10.1. The molecule has 2 heterocycles. The van der Waals surface area contributed by atoms with E-state index in [9.17, 15) is 28.1 Å². The number of carbonyl (C=O) groups is 2. The number of nitrogens with zero attached hydrogens (tertiary/aromatic N) is 3. The third-order valence-corrected chi connectivity index (χ3v) is 5.23. The molecule has 0 saturated heterocycles. The van der Waals surface area contributed by atoms with Crippen molar-refractivity contribution in [3.05, 3.63) is 52.2 Å². The number of sulfonamides is 1. The third-order valence-electron chi connectivity index (χ3n) is 4.07. The standard InChI is InChI=1S/C17H16N4O8S/c1-28-12-3-4-13(14(8-12)21(24)25)18-16(22)10-29-17(23)11-2-5-15-19-30(26,27)7-6-20(15)9-11/h2-5,8-9H,6-7,10H2,1H3,(H,18,22). The van der Waals surface area contributed by atoms with E-state index in [-0.39, 0.29) is 40.8 Å². The Morgan fingerprint density at radius 2 is 2.10 bits per heavy atom. The Balaban J connectivity index is 1.61. The van der Waals surface area contributed by atoms with Crippen LogP contribution in [0.2, 0.25) is 0 Å². The van der Waals surface area contributed by atoms with Crippen LogP contribution in [-0.4, -0.2) is 62.0 Å². The van der Waals surface area contributed by atoms with E-state index < -0.39 is 33.4 Å². The smallest absolute Gasteiger partial charge is 0.340 e. The van der Waals surface area contributed by atoms with Gasteiger partial charge in [-0.2, -0.15) is 0 Å². The number of esters is 1. The second-order valence-electron chi connectivity index (χ2n) is 6.11. The second-order valence-corrected chi connectivity index (χ2v) is 7.87. The van der Waals surface area contributed by atoms with Crippen molar-refractivity contribution < 1.29 is 32.4 Å². The highest BCUT2D eigenvalue weighted by Crippen LogP contribution is 2.28. The molecule has 13 heteroatoms. The Morgan fingerprint density at radius 1 is 1.33 bits per heavy atom. The van der Waals surface area contributed by atoms with Crippen molar-refractivity contribution in [2.24, 2.45) is 4.40 Å². The summed E-state index contributed by atoms with van der Waals surface area (Å²) in [5, 5.41) is 13.5. The van der Waals surface area contributed by atoms with Crippen molar-refractivity contribution in [3.63, 3.8) is 0 Å². The first kappa shape index (κ1) is 21.0. The van der Waals surface area contributed by atoms with Crippen LogP contribution < -0.4 is 10.1 Å². The Kier molecular flexibility index (Phi) is 5.82. The number of fused-ring (bicyclic) bond motifs is 1. The van der Waals surface area contributed by atoms with Crippen LogP contribution in [0.25, 0.3) is 0 Å². The third kappa shape index (κ3) is 4.81. The van der Waals surface area contributed by atoms with Crippen molar-refractivity contribution in [3.8, 4) is 5.75 Å². The lowest BCUT2D eigenvalue weighted by Crippen LogP contribution is -2.37. The Hall–Kier alpha value is -3.74. The Bertz CT molecular complexity index is 1110. The molecule has 0 bridgehead atoms. The summed E-state index contributed by atoms with van der Waals surface area (Å²) in [6.45, 7) is -0.549. The molecule has 1 N–H and O–H groups in total. The average molecular weight is 436 g/mol. The van der Waals surface area contributed by atoms with Gasteiger partial charge in [0.25, 0.3) is 21.6 Å². The number of anilines is 1. The lowest BCUT2D eigenvalue weighted by atomic mass is 10.2. The van der Waals surface area contributed by atoms with Crippen molar-refractivity contribution in [2.45, 2.75) is 0 Å². The van der Waals surface area contributed by atoms with Gasteiger partial charge in [0.2, 0.25) is 0 Å². The lowest BCUT2D eigenvalue weighted by Gasteiger charge is -2.26. The van der Waals surface area contributed by atoms with Crippen LogP contribution in [0.15, 0.2) is 46.5 Å². The zero-order valence-electron chi connectivity index (χ0n) is 15.6. The van der Waals surface area contributed by atoms with Crippen molar-refractivity contribution in [2.75, 3.05) is 31.3 Å². The van der Waals surface area contributed by atoms with Gasteiger partial charge in [-0.15, -0.1) is 4.40 Å². The van der Waals surface area contributed by atoms with Crippen molar-refractivity contribution >= 4 is 39.1 Å². The fourth-order valence-electron chi connectivity index (χ4n) is 2.62. The summed E-state index contributed by atoms with van der Waals surface area (Å²) in [5.41, 5.74) is -0.357. The number of nitrogens with one attached hydrogen (secondary N) is 1. The average Bonchev–Trinajstić information content (AvgIpc) is 2.71. The monoisotopic (exact) mass is 436 g/mol. The fraction of sp³-hybridized carbons (Fsp3) is 0.235. The van der Waals surface area contributed by atoms with E-state index in [4.69, 9.17) is 9.47 Å².